The predicted molar refractivity (Wildman–Crippen MR) is 88.7 cm³/mol. The Kier molecular flexibility index (Phi) is 7.71. The quantitative estimate of drug-likeness (QED) is 0.718. The van der Waals surface area contributed by atoms with E-state index in [9.17, 15) is 9.59 Å². The van der Waals surface area contributed by atoms with Crippen molar-refractivity contribution in [2.45, 2.75) is 44.2 Å². The van der Waals surface area contributed by atoms with E-state index in [-0.39, 0.29) is 31.1 Å². The van der Waals surface area contributed by atoms with Crippen LogP contribution >= 0.6 is 0 Å². The predicted octanol–water partition coefficient (Wildman–Crippen LogP) is 1.77. The Hall–Kier alpha value is -1.92. The summed E-state index contributed by atoms with van der Waals surface area (Å²) in [6.45, 7) is 1.34. The van der Waals surface area contributed by atoms with Crippen LogP contribution in [0.5, 0.6) is 0 Å². The van der Waals surface area contributed by atoms with Crippen LogP contribution in [0.25, 0.3) is 0 Å². The maximum atomic E-state index is 12.1. The second-order valence-electron chi connectivity index (χ2n) is 6.01. The Balaban J connectivity index is 1.81. The van der Waals surface area contributed by atoms with Gasteiger partial charge in [0.15, 0.2) is 0 Å². The van der Waals surface area contributed by atoms with Gasteiger partial charge in [-0.3, -0.25) is 9.59 Å². The fourth-order valence-electron chi connectivity index (χ4n) is 2.73. The van der Waals surface area contributed by atoms with Crippen LogP contribution in [0, 0.1) is 0 Å². The summed E-state index contributed by atoms with van der Waals surface area (Å²) in [5.41, 5.74) is 1.07. The van der Waals surface area contributed by atoms with Gasteiger partial charge in [0.2, 0.25) is 5.91 Å². The minimum absolute atomic E-state index is 0.00300. The van der Waals surface area contributed by atoms with Crippen LogP contribution in [0.1, 0.15) is 31.2 Å². The lowest BCUT2D eigenvalue weighted by molar-refractivity contribution is -0.137. The molecule has 1 aromatic carbocycles. The van der Waals surface area contributed by atoms with E-state index in [1.165, 1.54) is 0 Å². The number of nitrogens with one attached hydrogen (secondary N) is 1. The molecule has 1 atom stereocenters. The van der Waals surface area contributed by atoms with Crippen molar-refractivity contribution in [3.63, 3.8) is 0 Å². The third kappa shape index (κ3) is 7.10. The van der Waals surface area contributed by atoms with Crippen LogP contribution in [0.3, 0.4) is 0 Å². The molecule has 132 valence electrons. The van der Waals surface area contributed by atoms with Gasteiger partial charge in [-0.05, 0) is 31.2 Å². The van der Waals surface area contributed by atoms with Crippen LogP contribution < -0.4 is 5.32 Å². The Morgan fingerprint density at radius 2 is 1.96 bits per heavy atom. The molecule has 1 fully saturated rings. The van der Waals surface area contributed by atoms with E-state index in [1.54, 1.807) is 0 Å². The average Bonchev–Trinajstić information content (AvgIpc) is 2.60. The van der Waals surface area contributed by atoms with Gasteiger partial charge in [0.25, 0.3) is 0 Å². The number of carbonyl (C=O) groups is 2. The highest BCUT2D eigenvalue weighted by Crippen LogP contribution is 2.11. The zero-order valence-electron chi connectivity index (χ0n) is 13.8. The second-order valence-corrected chi connectivity index (χ2v) is 6.01. The van der Waals surface area contributed by atoms with Gasteiger partial charge in [-0.15, -0.1) is 0 Å². The molecule has 0 radical (unpaired) electrons. The topological polar surface area (TPSA) is 84.9 Å². The molecule has 1 unspecified atom stereocenters. The standard InChI is InChI=1S/C18H25NO5/c20-17(13-24-16-8-10-23-11-9-16)19-15(6-7-18(21)22)12-14-4-2-1-3-5-14/h1-5,15-16H,6-13H2,(H,19,20)(H,21,22). The first-order valence-corrected chi connectivity index (χ1v) is 8.38. The van der Waals surface area contributed by atoms with E-state index in [1.807, 2.05) is 30.3 Å². The normalized spacial score (nSPS) is 16.5. The molecule has 0 bridgehead atoms. The van der Waals surface area contributed by atoms with Gasteiger partial charge in [-0.1, -0.05) is 30.3 Å². The zero-order valence-corrected chi connectivity index (χ0v) is 13.8. The fraction of sp³-hybridized carbons (Fsp3) is 0.556. The van der Waals surface area contributed by atoms with Crippen LogP contribution in [0.2, 0.25) is 0 Å². The first-order chi connectivity index (χ1) is 11.6. The highest BCUT2D eigenvalue weighted by molar-refractivity contribution is 5.77. The molecular formula is C18H25NO5. The summed E-state index contributed by atoms with van der Waals surface area (Å²) in [7, 11) is 0. The van der Waals surface area contributed by atoms with Crippen LogP contribution in [0.4, 0.5) is 0 Å². The molecule has 2 rings (SSSR count). The van der Waals surface area contributed by atoms with E-state index in [0.29, 0.717) is 26.1 Å². The number of carbonyl (C=O) groups excluding carboxylic acids is 1. The number of carboxylic acid groups (broad SMARTS) is 1. The molecule has 0 aromatic heterocycles. The second kappa shape index (κ2) is 10.1. The Morgan fingerprint density at radius 1 is 1.25 bits per heavy atom. The maximum Gasteiger partial charge on any atom is 0.303 e. The van der Waals surface area contributed by atoms with Crippen molar-refractivity contribution >= 4 is 11.9 Å². The van der Waals surface area contributed by atoms with Crippen molar-refractivity contribution in [2.75, 3.05) is 19.8 Å². The smallest absolute Gasteiger partial charge is 0.303 e. The summed E-state index contributed by atoms with van der Waals surface area (Å²) in [4.78, 5) is 22.9. The highest BCUT2D eigenvalue weighted by atomic mass is 16.5. The number of hydrogen-bond acceptors (Lipinski definition) is 4. The summed E-state index contributed by atoms with van der Waals surface area (Å²) in [6, 6.07) is 9.51. The minimum atomic E-state index is -0.860. The largest absolute Gasteiger partial charge is 0.481 e. The molecule has 1 heterocycles. The van der Waals surface area contributed by atoms with Gasteiger partial charge in [-0.2, -0.15) is 0 Å². The van der Waals surface area contributed by atoms with Crippen molar-refractivity contribution in [3.05, 3.63) is 35.9 Å². The third-order valence-corrected chi connectivity index (χ3v) is 4.02. The molecule has 0 spiro atoms. The molecule has 0 aliphatic carbocycles. The Labute approximate surface area is 142 Å². The molecule has 6 nitrogen and oxygen atoms in total. The van der Waals surface area contributed by atoms with Crippen LogP contribution in [-0.4, -0.2) is 48.9 Å². The number of benzene rings is 1. The van der Waals surface area contributed by atoms with Crippen LogP contribution in [0.15, 0.2) is 30.3 Å². The molecule has 1 aliphatic rings. The number of amides is 1. The maximum absolute atomic E-state index is 12.1. The van der Waals surface area contributed by atoms with Gasteiger partial charge in [0.1, 0.15) is 6.61 Å². The summed E-state index contributed by atoms with van der Waals surface area (Å²) in [5.74, 6) is -1.06. The van der Waals surface area contributed by atoms with E-state index >= 15 is 0 Å². The fourth-order valence-corrected chi connectivity index (χ4v) is 2.73. The molecular weight excluding hydrogens is 310 g/mol. The van der Waals surface area contributed by atoms with E-state index < -0.39 is 5.97 Å². The molecule has 6 heteroatoms. The van der Waals surface area contributed by atoms with Crippen LogP contribution in [-0.2, 0) is 25.5 Å². The molecule has 1 amide bonds. The van der Waals surface area contributed by atoms with Crippen molar-refractivity contribution in [1.82, 2.24) is 5.32 Å². The first kappa shape index (κ1) is 18.4. The molecule has 0 saturated carbocycles. The van der Waals surface area contributed by atoms with Gasteiger partial charge in [0, 0.05) is 25.7 Å². The van der Waals surface area contributed by atoms with Gasteiger partial charge < -0.3 is 19.9 Å². The lowest BCUT2D eigenvalue weighted by Gasteiger charge is -2.23. The summed E-state index contributed by atoms with van der Waals surface area (Å²) in [6.07, 6.45) is 2.71. The number of hydrogen-bond donors (Lipinski definition) is 2. The average molecular weight is 335 g/mol. The third-order valence-electron chi connectivity index (χ3n) is 4.02. The number of rotatable bonds is 9. The van der Waals surface area contributed by atoms with Gasteiger partial charge in [-0.25, -0.2) is 0 Å². The Bertz CT molecular complexity index is 513. The zero-order chi connectivity index (χ0) is 17.2. The molecule has 2 N–H and O–H groups in total. The molecule has 1 aromatic rings. The molecule has 1 saturated heterocycles. The van der Waals surface area contributed by atoms with E-state index in [2.05, 4.69) is 5.32 Å². The molecule has 24 heavy (non-hydrogen) atoms. The number of ether oxygens (including phenoxy) is 2. The van der Waals surface area contributed by atoms with Crippen molar-refractivity contribution < 1.29 is 24.2 Å². The highest BCUT2D eigenvalue weighted by Gasteiger charge is 2.18. The van der Waals surface area contributed by atoms with Crippen molar-refractivity contribution in [3.8, 4) is 0 Å². The van der Waals surface area contributed by atoms with Crippen molar-refractivity contribution in [1.29, 1.82) is 0 Å². The lowest BCUT2D eigenvalue weighted by atomic mass is 10.0. The van der Waals surface area contributed by atoms with Crippen molar-refractivity contribution in [2.24, 2.45) is 0 Å². The van der Waals surface area contributed by atoms with Gasteiger partial charge in [0.05, 0.1) is 6.10 Å². The first-order valence-electron chi connectivity index (χ1n) is 8.38. The lowest BCUT2D eigenvalue weighted by Crippen LogP contribution is -2.40. The Morgan fingerprint density at radius 3 is 2.62 bits per heavy atom. The summed E-state index contributed by atoms with van der Waals surface area (Å²) in [5, 5.41) is 11.8. The number of aliphatic carboxylic acids is 1. The summed E-state index contributed by atoms with van der Waals surface area (Å²) < 4.78 is 10.9. The van der Waals surface area contributed by atoms with E-state index in [4.69, 9.17) is 14.6 Å². The number of carboxylic acids is 1. The monoisotopic (exact) mass is 335 g/mol. The molecule has 1 aliphatic heterocycles. The van der Waals surface area contributed by atoms with E-state index in [0.717, 1.165) is 18.4 Å². The van der Waals surface area contributed by atoms with Gasteiger partial charge >= 0.3 is 5.97 Å². The SMILES string of the molecule is O=C(O)CCC(Cc1ccccc1)NC(=O)COC1CCOCC1. The summed E-state index contributed by atoms with van der Waals surface area (Å²) >= 11 is 0. The minimum Gasteiger partial charge on any atom is -0.481 e.